The lowest BCUT2D eigenvalue weighted by molar-refractivity contribution is 0.710. The van der Waals surface area contributed by atoms with E-state index in [0.717, 1.165) is 5.69 Å². The molecule has 0 atom stereocenters. The molecule has 49 valence electrons. The van der Waals surface area contributed by atoms with E-state index >= 15 is 0 Å². The summed E-state index contributed by atoms with van der Waals surface area (Å²) in [6.45, 7) is 4.24. The van der Waals surface area contributed by atoms with Crippen LogP contribution in [0.25, 0.3) is 0 Å². The minimum absolute atomic E-state index is 0.516. The zero-order valence-electron chi connectivity index (χ0n) is 6.05. The molecule has 0 aliphatic heterocycles. The molecule has 0 fully saturated rings. The van der Waals surface area contributed by atoms with Crippen molar-refractivity contribution in [2.75, 3.05) is 0 Å². The van der Waals surface area contributed by atoms with E-state index in [1.54, 1.807) is 4.68 Å². The van der Waals surface area contributed by atoms with Gasteiger partial charge >= 0.3 is 0 Å². The number of aromatic nitrogens is 2. The number of nitrogens with zero attached hydrogens (tertiary/aromatic N) is 2. The molecule has 1 rings (SSSR count). The minimum atomic E-state index is 0.516. The summed E-state index contributed by atoms with van der Waals surface area (Å²) in [5, 5.41) is 4.17. The second kappa shape index (κ2) is 2.21. The van der Waals surface area contributed by atoms with Crippen molar-refractivity contribution in [1.82, 2.24) is 9.78 Å². The van der Waals surface area contributed by atoms with E-state index in [1.165, 1.54) is 0 Å². The molecule has 0 amide bonds. The first-order valence-electron chi connectivity index (χ1n) is 3.12. The standard InChI is InChI=1S/C7H11N2/c1-6(2)7-4-5-9(3)8-7/h4,6H,1-3H3. The Morgan fingerprint density at radius 1 is 1.67 bits per heavy atom. The molecule has 0 aromatic carbocycles. The van der Waals surface area contributed by atoms with Crippen LogP contribution in [0.1, 0.15) is 25.5 Å². The van der Waals surface area contributed by atoms with Crippen LogP contribution in [0.4, 0.5) is 0 Å². The van der Waals surface area contributed by atoms with Crippen LogP contribution in [0, 0.1) is 6.20 Å². The number of aryl methyl sites for hydroxylation is 1. The maximum absolute atomic E-state index is 4.17. The average Bonchev–Trinajstić information content (AvgIpc) is 2.14. The summed E-state index contributed by atoms with van der Waals surface area (Å²) in [4.78, 5) is 0. The van der Waals surface area contributed by atoms with E-state index in [1.807, 2.05) is 13.1 Å². The van der Waals surface area contributed by atoms with Crippen LogP contribution in [-0.4, -0.2) is 9.78 Å². The molecule has 0 aliphatic carbocycles. The fourth-order valence-corrected chi connectivity index (χ4v) is 0.673. The van der Waals surface area contributed by atoms with E-state index in [-0.39, 0.29) is 0 Å². The fourth-order valence-electron chi connectivity index (χ4n) is 0.673. The smallest absolute Gasteiger partial charge is 0.0862 e. The summed E-state index contributed by atoms with van der Waals surface area (Å²) >= 11 is 0. The Kier molecular flexibility index (Phi) is 1.56. The van der Waals surface area contributed by atoms with Gasteiger partial charge in [0, 0.05) is 7.05 Å². The highest BCUT2D eigenvalue weighted by Gasteiger charge is 1.99. The van der Waals surface area contributed by atoms with Gasteiger partial charge in [0.25, 0.3) is 0 Å². The normalized spacial score (nSPS) is 10.7. The van der Waals surface area contributed by atoms with Gasteiger partial charge in [-0.15, -0.1) is 0 Å². The summed E-state index contributed by atoms with van der Waals surface area (Å²) in [6.07, 6.45) is 2.96. The first-order valence-corrected chi connectivity index (χ1v) is 3.12. The first kappa shape index (κ1) is 6.33. The lowest BCUT2D eigenvalue weighted by atomic mass is 10.1. The summed E-state index contributed by atoms with van der Waals surface area (Å²) < 4.78 is 1.70. The van der Waals surface area contributed by atoms with E-state index in [2.05, 4.69) is 25.1 Å². The van der Waals surface area contributed by atoms with E-state index < -0.39 is 0 Å². The summed E-state index contributed by atoms with van der Waals surface area (Å²) in [5.41, 5.74) is 1.11. The molecule has 0 saturated carbocycles. The molecule has 0 spiro atoms. The molecule has 0 saturated heterocycles. The molecule has 2 heteroatoms. The zero-order chi connectivity index (χ0) is 6.85. The van der Waals surface area contributed by atoms with Crippen molar-refractivity contribution in [3.63, 3.8) is 0 Å². The van der Waals surface area contributed by atoms with Gasteiger partial charge in [-0.05, 0) is 12.0 Å². The molecule has 2 nitrogen and oxygen atoms in total. The Labute approximate surface area is 55.5 Å². The van der Waals surface area contributed by atoms with Gasteiger partial charge in [-0.2, -0.15) is 5.10 Å². The van der Waals surface area contributed by atoms with Gasteiger partial charge in [0.1, 0.15) is 0 Å². The second-order valence-electron chi connectivity index (χ2n) is 2.48. The molecule has 0 bridgehead atoms. The Balaban J connectivity index is 2.85. The second-order valence-corrected chi connectivity index (χ2v) is 2.48. The third-order valence-corrected chi connectivity index (χ3v) is 1.26. The van der Waals surface area contributed by atoms with Gasteiger partial charge in [-0.3, -0.25) is 4.68 Å². The lowest BCUT2D eigenvalue weighted by Crippen LogP contribution is -1.92. The molecule has 0 aliphatic rings. The topological polar surface area (TPSA) is 17.8 Å². The van der Waals surface area contributed by atoms with Crippen LogP contribution in [0.5, 0.6) is 0 Å². The summed E-state index contributed by atoms with van der Waals surface area (Å²) in [5.74, 6) is 0.516. The fraction of sp³-hybridized carbons (Fsp3) is 0.571. The minimum Gasteiger partial charge on any atom is -0.266 e. The third-order valence-electron chi connectivity index (χ3n) is 1.26. The van der Waals surface area contributed by atoms with Crippen LogP contribution in [-0.2, 0) is 7.05 Å². The maximum atomic E-state index is 4.17. The van der Waals surface area contributed by atoms with Gasteiger partial charge in [0.05, 0.1) is 11.9 Å². The van der Waals surface area contributed by atoms with Gasteiger partial charge in [-0.25, -0.2) is 0 Å². The lowest BCUT2D eigenvalue weighted by Gasteiger charge is -1.95. The van der Waals surface area contributed by atoms with Gasteiger partial charge < -0.3 is 0 Å². The summed E-state index contributed by atoms with van der Waals surface area (Å²) in [6, 6.07) is 1.92. The highest BCUT2D eigenvalue weighted by atomic mass is 15.2. The molecule has 1 heterocycles. The molecular formula is C7H11N2. The molecule has 0 unspecified atom stereocenters. The van der Waals surface area contributed by atoms with E-state index in [9.17, 15) is 0 Å². The Morgan fingerprint density at radius 3 is 2.56 bits per heavy atom. The van der Waals surface area contributed by atoms with Crippen LogP contribution in [0.3, 0.4) is 0 Å². The van der Waals surface area contributed by atoms with Gasteiger partial charge in [0.2, 0.25) is 0 Å². The van der Waals surface area contributed by atoms with Gasteiger partial charge in [-0.1, -0.05) is 13.8 Å². The molecule has 1 radical (unpaired) electrons. The van der Waals surface area contributed by atoms with Crippen molar-refractivity contribution in [2.24, 2.45) is 7.05 Å². The van der Waals surface area contributed by atoms with Crippen molar-refractivity contribution < 1.29 is 0 Å². The van der Waals surface area contributed by atoms with Crippen LogP contribution < -0.4 is 0 Å². The highest BCUT2D eigenvalue weighted by Crippen LogP contribution is 2.08. The van der Waals surface area contributed by atoms with Crippen molar-refractivity contribution >= 4 is 0 Å². The number of hydrogen-bond acceptors (Lipinski definition) is 1. The van der Waals surface area contributed by atoms with Gasteiger partial charge in [0.15, 0.2) is 0 Å². The Hall–Kier alpha value is -0.790. The SMILES string of the molecule is CC(C)c1c[c]n(C)n1. The van der Waals surface area contributed by atoms with E-state index in [0.29, 0.717) is 5.92 Å². The Bertz CT molecular complexity index is 189. The number of hydrogen-bond donors (Lipinski definition) is 0. The maximum Gasteiger partial charge on any atom is 0.0862 e. The molecular weight excluding hydrogens is 112 g/mol. The Morgan fingerprint density at radius 2 is 2.33 bits per heavy atom. The van der Waals surface area contributed by atoms with Crippen molar-refractivity contribution in [3.05, 3.63) is 18.0 Å². The summed E-state index contributed by atoms with van der Waals surface area (Å²) in [7, 11) is 1.88. The zero-order valence-corrected chi connectivity index (χ0v) is 6.05. The molecule has 0 N–H and O–H groups in total. The van der Waals surface area contributed by atoms with Crippen molar-refractivity contribution in [3.8, 4) is 0 Å². The average molecular weight is 123 g/mol. The first-order chi connectivity index (χ1) is 4.20. The molecule has 1 aromatic heterocycles. The van der Waals surface area contributed by atoms with Crippen LogP contribution in [0.2, 0.25) is 0 Å². The monoisotopic (exact) mass is 123 g/mol. The largest absolute Gasteiger partial charge is 0.266 e. The predicted octanol–water partition coefficient (Wildman–Crippen LogP) is 1.34. The van der Waals surface area contributed by atoms with Crippen molar-refractivity contribution in [2.45, 2.75) is 19.8 Å². The molecule has 9 heavy (non-hydrogen) atoms. The number of rotatable bonds is 1. The highest BCUT2D eigenvalue weighted by molar-refractivity contribution is 5.02. The molecule has 1 aromatic rings. The van der Waals surface area contributed by atoms with E-state index in [4.69, 9.17) is 0 Å². The van der Waals surface area contributed by atoms with Crippen LogP contribution in [0.15, 0.2) is 6.07 Å². The third kappa shape index (κ3) is 1.31. The van der Waals surface area contributed by atoms with Crippen LogP contribution >= 0.6 is 0 Å². The van der Waals surface area contributed by atoms with Crippen molar-refractivity contribution in [1.29, 1.82) is 0 Å². The predicted molar refractivity (Wildman–Crippen MR) is 36.1 cm³/mol. The quantitative estimate of drug-likeness (QED) is 0.551.